The van der Waals surface area contributed by atoms with E-state index < -0.39 is 0 Å². The highest BCUT2D eigenvalue weighted by Gasteiger charge is 2.20. The Bertz CT molecular complexity index is 988. The van der Waals surface area contributed by atoms with Gasteiger partial charge in [-0.25, -0.2) is 0 Å². The molecule has 1 amide bonds. The molecule has 3 rings (SSSR count). The van der Waals surface area contributed by atoms with Crippen molar-refractivity contribution in [1.82, 2.24) is 14.8 Å². The number of nitrogens with zero attached hydrogens (tertiary/aromatic N) is 3. The Labute approximate surface area is 180 Å². The summed E-state index contributed by atoms with van der Waals surface area (Å²) in [5.41, 5.74) is 1.93. The van der Waals surface area contributed by atoms with Gasteiger partial charge >= 0.3 is 0 Å². The summed E-state index contributed by atoms with van der Waals surface area (Å²) in [5, 5.41) is 12.2. The molecule has 0 spiro atoms. The summed E-state index contributed by atoms with van der Waals surface area (Å²) in [7, 11) is 1.61. The van der Waals surface area contributed by atoms with Gasteiger partial charge in [-0.15, -0.1) is 10.2 Å². The number of aromatic nitrogens is 3. The van der Waals surface area contributed by atoms with E-state index in [1.165, 1.54) is 11.8 Å². The van der Waals surface area contributed by atoms with Crippen LogP contribution in [0.25, 0.3) is 0 Å². The Morgan fingerprint density at radius 2 is 1.83 bits per heavy atom. The quantitative estimate of drug-likeness (QED) is 0.508. The highest BCUT2D eigenvalue weighted by Crippen LogP contribution is 2.31. The zero-order chi connectivity index (χ0) is 21.5. The number of hydrogen-bond donors (Lipinski definition) is 1. The minimum Gasteiger partial charge on any atom is -0.493 e. The van der Waals surface area contributed by atoms with E-state index in [0.717, 1.165) is 11.3 Å². The standard InChI is InChI=1S/C22H26N4O3S/c1-5-26-21(16(3)29-19-9-7-6-8-18(19)28-4)24-25-22(26)30-14-20(27)23-17-12-10-15(2)11-13-17/h6-13,16H,5,14H2,1-4H3,(H,23,27). The summed E-state index contributed by atoms with van der Waals surface area (Å²) in [5.74, 6) is 2.16. The lowest BCUT2D eigenvalue weighted by Gasteiger charge is -2.17. The monoisotopic (exact) mass is 426 g/mol. The molecule has 7 nitrogen and oxygen atoms in total. The van der Waals surface area contributed by atoms with Gasteiger partial charge in [0.25, 0.3) is 0 Å². The molecule has 1 heterocycles. The molecular formula is C22H26N4O3S. The number of para-hydroxylation sites is 2. The lowest BCUT2D eigenvalue weighted by atomic mass is 10.2. The van der Waals surface area contributed by atoms with Crippen LogP contribution >= 0.6 is 11.8 Å². The van der Waals surface area contributed by atoms with Gasteiger partial charge < -0.3 is 19.4 Å². The molecule has 0 aliphatic carbocycles. The first-order valence-corrected chi connectivity index (χ1v) is 10.7. The molecule has 2 aromatic carbocycles. The van der Waals surface area contributed by atoms with Crippen LogP contribution in [0.3, 0.4) is 0 Å². The van der Waals surface area contributed by atoms with Crippen LogP contribution in [0.5, 0.6) is 11.5 Å². The number of aryl methyl sites for hydroxylation is 1. The van der Waals surface area contributed by atoms with E-state index in [1.54, 1.807) is 7.11 Å². The molecule has 30 heavy (non-hydrogen) atoms. The number of thioether (sulfide) groups is 1. The summed E-state index contributed by atoms with van der Waals surface area (Å²) in [6.45, 7) is 6.61. The van der Waals surface area contributed by atoms with E-state index in [4.69, 9.17) is 9.47 Å². The van der Waals surface area contributed by atoms with Gasteiger partial charge in [0.05, 0.1) is 12.9 Å². The molecule has 158 valence electrons. The number of benzene rings is 2. The molecule has 0 radical (unpaired) electrons. The predicted molar refractivity (Wildman–Crippen MR) is 118 cm³/mol. The smallest absolute Gasteiger partial charge is 0.234 e. The van der Waals surface area contributed by atoms with Crippen molar-refractivity contribution in [2.45, 2.75) is 38.6 Å². The lowest BCUT2D eigenvalue weighted by Crippen LogP contribution is -2.15. The third kappa shape index (κ3) is 5.33. The fourth-order valence-electron chi connectivity index (χ4n) is 2.93. The molecule has 0 aliphatic heterocycles. The van der Waals surface area contributed by atoms with Crippen LogP contribution in [-0.4, -0.2) is 33.5 Å². The second-order valence-corrected chi connectivity index (χ2v) is 7.64. The van der Waals surface area contributed by atoms with Crippen LogP contribution in [0.15, 0.2) is 53.7 Å². The topological polar surface area (TPSA) is 78.3 Å². The highest BCUT2D eigenvalue weighted by molar-refractivity contribution is 7.99. The normalized spacial score (nSPS) is 11.7. The first-order chi connectivity index (χ1) is 14.5. The van der Waals surface area contributed by atoms with Gasteiger partial charge in [0.1, 0.15) is 0 Å². The van der Waals surface area contributed by atoms with Gasteiger partial charge in [0.2, 0.25) is 5.91 Å². The van der Waals surface area contributed by atoms with Gasteiger partial charge in [0.15, 0.2) is 28.6 Å². The molecule has 1 aromatic heterocycles. The zero-order valence-electron chi connectivity index (χ0n) is 17.6. The SMILES string of the molecule is CCn1c(SCC(=O)Nc2ccc(C)cc2)nnc1C(C)Oc1ccccc1OC. The number of amides is 1. The van der Waals surface area contributed by atoms with E-state index in [1.807, 2.05) is 73.9 Å². The van der Waals surface area contributed by atoms with Crippen LogP contribution in [0, 0.1) is 6.92 Å². The lowest BCUT2D eigenvalue weighted by molar-refractivity contribution is -0.113. The van der Waals surface area contributed by atoms with Gasteiger partial charge in [-0.05, 0) is 45.0 Å². The van der Waals surface area contributed by atoms with Crippen molar-refractivity contribution in [1.29, 1.82) is 0 Å². The summed E-state index contributed by atoms with van der Waals surface area (Å²) in [6.07, 6.45) is -0.329. The van der Waals surface area contributed by atoms with E-state index in [0.29, 0.717) is 29.0 Å². The number of anilines is 1. The minimum atomic E-state index is -0.329. The number of rotatable bonds is 9. The average Bonchev–Trinajstić information content (AvgIpc) is 3.17. The van der Waals surface area contributed by atoms with Crippen molar-refractivity contribution in [3.8, 4) is 11.5 Å². The molecule has 0 aliphatic rings. The van der Waals surface area contributed by atoms with Crippen molar-refractivity contribution < 1.29 is 14.3 Å². The molecule has 1 atom stereocenters. The largest absolute Gasteiger partial charge is 0.493 e. The Kier molecular flexibility index (Phi) is 7.35. The number of methoxy groups -OCH3 is 1. The molecule has 3 aromatic rings. The average molecular weight is 427 g/mol. The maximum absolute atomic E-state index is 12.3. The summed E-state index contributed by atoms with van der Waals surface area (Å²) >= 11 is 1.35. The van der Waals surface area contributed by atoms with Crippen LogP contribution < -0.4 is 14.8 Å². The van der Waals surface area contributed by atoms with Crippen LogP contribution in [-0.2, 0) is 11.3 Å². The van der Waals surface area contributed by atoms with Gasteiger partial charge in [-0.2, -0.15) is 0 Å². The summed E-state index contributed by atoms with van der Waals surface area (Å²) in [4.78, 5) is 12.3. The first-order valence-electron chi connectivity index (χ1n) is 9.74. The molecule has 0 fully saturated rings. The highest BCUT2D eigenvalue weighted by atomic mass is 32.2. The van der Waals surface area contributed by atoms with Crippen LogP contribution in [0.4, 0.5) is 5.69 Å². The maximum Gasteiger partial charge on any atom is 0.234 e. The van der Waals surface area contributed by atoms with Crippen LogP contribution in [0.1, 0.15) is 31.3 Å². The molecule has 0 bridgehead atoms. The summed E-state index contributed by atoms with van der Waals surface area (Å²) in [6, 6.07) is 15.2. The van der Waals surface area contributed by atoms with Gasteiger partial charge in [-0.3, -0.25) is 4.79 Å². The second kappa shape index (κ2) is 10.2. The Hall–Kier alpha value is -3.00. The van der Waals surface area contributed by atoms with Gasteiger partial charge in [-0.1, -0.05) is 41.6 Å². The molecule has 8 heteroatoms. The number of carbonyl (C=O) groups excluding carboxylic acids is 1. The second-order valence-electron chi connectivity index (χ2n) is 6.70. The van der Waals surface area contributed by atoms with E-state index in [-0.39, 0.29) is 17.8 Å². The van der Waals surface area contributed by atoms with E-state index in [9.17, 15) is 4.79 Å². The third-order valence-corrected chi connectivity index (χ3v) is 5.43. The first kappa shape index (κ1) is 21.7. The van der Waals surface area contributed by atoms with E-state index in [2.05, 4.69) is 15.5 Å². The molecule has 0 saturated carbocycles. The minimum absolute atomic E-state index is 0.0885. The van der Waals surface area contributed by atoms with Gasteiger partial charge in [0, 0.05) is 12.2 Å². The Morgan fingerprint density at radius 3 is 2.50 bits per heavy atom. The van der Waals surface area contributed by atoms with Crippen molar-refractivity contribution in [3.05, 3.63) is 59.9 Å². The number of nitrogens with one attached hydrogen (secondary N) is 1. The van der Waals surface area contributed by atoms with Crippen LogP contribution in [0.2, 0.25) is 0 Å². The maximum atomic E-state index is 12.3. The molecule has 1 unspecified atom stereocenters. The predicted octanol–water partition coefficient (Wildman–Crippen LogP) is 4.49. The number of ether oxygens (including phenoxy) is 2. The Morgan fingerprint density at radius 1 is 1.13 bits per heavy atom. The molecular weight excluding hydrogens is 400 g/mol. The van der Waals surface area contributed by atoms with Crippen molar-refractivity contribution >= 4 is 23.4 Å². The molecule has 1 N–H and O–H groups in total. The number of hydrogen-bond acceptors (Lipinski definition) is 6. The number of carbonyl (C=O) groups is 1. The third-order valence-electron chi connectivity index (χ3n) is 4.47. The Balaban J connectivity index is 1.64. The van der Waals surface area contributed by atoms with Crippen molar-refractivity contribution in [3.63, 3.8) is 0 Å². The van der Waals surface area contributed by atoms with Crippen molar-refractivity contribution in [2.75, 3.05) is 18.2 Å². The van der Waals surface area contributed by atoms with E-state index >= 15 is 0 Å². The zero-order valence-corrected chi connectivity index (χ0v) is 18.4. The fourth-order valence-corrected chi connectivity index (χ4v) is 3.74. The molecule has 0 saturated heterocycles. The van der Waals surface area contributed by atoms with Crippen molar-refractivity contribution in [2.24, 2.45) is 0 Å². The summed E-state index contributed by atoms with van der Waals surface area (Å²) < 4.78 is 13.4. The fraction of sp³-hybridized carbons (Fsp3) is 0.318.